The first-order valence-corrected chi connectivity index (χ1v) is 8.98. The van der Waals surface area contributed by atoms with Crippen molar-refractivity contribution in [3.63, 3.8) is 0 Å². The van der Waals surface area contributed by atoms with E-state index in [2.05, 4.69) is 10.1 Å². The number of fused-ring (bicyclic) bond motifs is 1. The third-order valence-corrected chi connectivity index (χ3v) is 4.87. The minimum atomic E-state index is -0.810. The molecule has 0 aliphatic carbocycles. The number of nitrogens with two attached hydrogens (primary N) is 1. The van der Waals surface area contributed by atoms with Gasteiger partial charge in [0.05, 0.1) is 35.5 Å². The fourth-order valence-corrected chi connectivity index (χ4v) is 3.31. The number of hydrogen-bond acceptors (Lipinski definition) is 6. The van der Waals surface area contributed by atoms with Gasteiger partial charge in [-0.3, -0.25) is 9.59 Å². The number of morpholine rings is 1. The van der Waals surface area contributed by atoms with Crippen molar-refractivity contribution in [2.45, 2.75) is 20.0 Å². The van der Waals surface area contributed by atoms with E-state index in [0.29, 0.717) is 34.6 Å². The van der Waals surface area contributed by atoms with Crippen molar-refractivity contribution in [2.24, 2.45) is 5.73 Å². The van der Waals surface area contributed by atoms with E-state index in [-0.39, 0.29) is 19.1 Å². The lowest BCUT2D eigenvalue weighted by atomic mass is 10.0. The molecule has 144 valence electrons. The smallest absolute Gasteiger partial charge is 0.259 e. The Kier molecular flexibility index (Phi) is 4.56. The second-order valence-corrected chi connectivity index (χ2v) is 6.88. The monoisotopic (exact) mass is 380 g/mol. The molecular weight excluding hydrogens is 360 g/mol. The Morgan fingerprint density at radius 1 is 1.21 bits per heavy atom. The van der Waals surface area contributed by atoms with Gasteiger partial charge in [0.2, 0.25) is 5.91 Å². The molecule has 1 aromatic carbocycles. The molecule has 3 aromatic rings. The van der Waals surface area contributed by atoms with Gasteiger partial charge in [0.25, 0.3) is 11.6 Å². The van der Waals surface area contributed by atoms with E-state index in [4.69, 9.17) is 15.0 Å². The summed E-state index contributed by atoms with van der Waals surface area (Å²) in [6, 6.07) is 9.59. The lowest BCUT2D eigenvalue weighted by molar-refractivity contribution is -0.133. The Morgan fingerprint density at radius 2 is 1.96 bits per heavy atom. The Balaban J connectivity index is 1.78. The van der Waals surface area contributed by atoms with E-state index < -0.39 is 12.0 Å². The van der Waals surface area contributed by atoms with Crippen LogP contribution in [-0.2, 0) is 9.53 Å². The van der Waals surface area contributed by atoms with Crippen molar-refractivity contribution in [3.05, 3.63) is 47.2 Å². The zero-order valence-corrected chi connectivity index (χ0v) is 15.6. The number of pyridine rings is 1. The summed E-state index contributed by atoms with van der Waals surface area (Å²) in [7, 11) is 0. The van der Waals surface area contributed by atoms with Crippen molar-refractivity contribution < 1.29 is 18.8 Å². The summed E-state index contributed by atoms with van der Waals surface area (Å²) in [6.07, 6.45) is -0.810. The van der Waals surface area contributed by atoms with Crippen molar-refractivity contribution in [3.8, 4) is 11.3 Å². The molecule has 1 aliphatic heterocycles. The predicted octanol–water partition coefficient (Wildman–Crippen LogP) is 1.83. The lowest BCUT2D eigenvalue weighted by Gasteiger charge is -2.31. The van der Waals surface area contributed by atoms with Crippen LogP contribution < -0.4 is 5.73 Å². The minimum Gasteiger partial charge on any atom is -0.367 e. The number of rotatable bonds is 3. The Hall–Kier alpha value is -3.26. The molecule has 8 heteroatoms. The van der Waals surface area contributed by atoms with Gasteiger partial charge in [0.1, 0.15) is 0 Å². The number of ether oxygens (including phenoxy) is 1. The molecule has 1 atom stereocenters. The van der Waals surface area contributed by atoms with E-state index in [0.717, 1.165) is 11.1 Å². The van der Waals surface area contributed by atoms with Crippen molar-refractivity contribution in [1.82, 2.24) is 15.0 Å². The SMILES string of the molecule is Cc1ccc(-c2cc(C(=O)N3CCOC(C(N)=O)C3)c3c(C)noc3n2)cc1. The second-order valence-electron chi connectivity index (χ2n) is 6.88. The Bertz CT molecular complexity index is 1060. The number of carbonyl (C=O) groups is 2. The second kappa shape index (κ2) is 7.05. The average Bonchev–Trinajstić information content (AvgIpc) is 3.08. The molecule has 4 rings (SSSR count). The van der Waals surface area contributed by atoms with Crippen LogP contribution in [0.2, 0.25) is 0 Å². The summed E-state index contributed by atoms with van der Waals surface area (Å²) in [4.78, 5) is 30.9. The standard InChI is InChI=1S/C20H20N4O4/c1-11-3-5-13(6-4-11)15-9-14(17-12(2)23-28-19(17)22-15)20(26)24-7-8-27-16(10-24)18(21)25/h3-6,9,16H,7-8,10H2,1-2H3,(H2,21,25). The molecule has 1 aliphatic rings. The molecule has 1 unspecified atom stereocenters. The van der Waals surface area contributed by atoms with Gasteiger partial charge < -0.3 is 19.9 Å². The molecule has 0 spiro atoms. The van der Waals surface area contributed by atoms with Crippen LogP contribution in [0.3, 0.4) is 0 Å². The number of hydrogen-bond donors (Lipinski definition) is 1. The van der Waals surface area contributed by atoms with Gasteiger partial charge in [0, 0.05) is 12.1 Å². The molecule has 0 saturated carbocycles. The molecular formula is C20H20N4O4. The lowest BCUT2D eigenvalue weighted by Crippen LogP contribution is -2.50. The minimum absolute atomic E-state index is 0.113. The highest BCUT2D eigenvalue weighted by Crippen LogP contribution is 2.28. The molecule has 2 N–H and O–H groups in total. The van der Waals surface area contributed by atoms with Crippen LogP contribution in [0.5, 0.6) is 0 Å². The van der Waals surface area contributed by atoms with Crippen molar-refractivity contribution in [1.29, 1.82) is 0 Å². The molecule has 8 nitrogen and oxygen atoms in total. The molecule has 1 fully saturated rings. The Labute approximate surface area is 161 Å². The van der Waals surface area contributed by atoms with Gasteiger partial charge in [-0.15, -0.1) is 0 Å². The third kappa shape index (κ3) is 3.22. The van der Waals surface area contributed by atoms with Gasteiger partial charge in [-0.2, -0.15) is 0 Å². The van der Waals surface area contributed by atoms with Crippen molar-refractivity contribution >= 4 is 22.9 Å². The molecule has 0 radical (unpaired) electrons. The number of amides is 2. The van der Waals surface area contributed by atoms with Crippen LogP contribution in [0.15, 0.2) is 34.9 Å². The third-order valence-electron chi connectivity index (χ3n) is 4.87. The van der Waals surface area contributed by atoms with Gasteiger partial charge in [-0.25, -0.2) is 4.98 Å². The number of nitrogens with zero attached hydrogens (tertiary/aromatic N) is 3. The molecule has 3 heterocycles. The number of benzene rings is 1. The van der Waals surface area contributed by atoms with Crippen LogP contribution in [0.4, 0.5) is 0 Å². The largest absolute Gasteiger partial charge is 0.367 e. The highest BCUT2D eigenvalue weighted by molar-refractivity contribution is 6.07. The van der Waals surface area contributed by atoms with E-state index in [1.165, 1.54) is 0 Å². The fraction of sp³-hybridized carbons (Fsp3) is 0.300. The van der Waals surface area contributed by atoms with Gasteiger partial charge in [-0.1, -0.05) is 35.0 Å². The maximum atomic E-state index is 13.3. The summed E-state index contributed by atoms with van der Waals surface area (Å²) < 4.78 is 10.7. The molecule has 28 heavy (non-hydrogen) atoms. The normalized spacial score (nSPS) is 17.1. The molecule has 2 aromatic heterocycles. The van der Waals surface area contributed by atoms with Gasteiger partial charge in [-0.05, 0) is 19.9 Å². The summed E-state index contributed by atoms with van der Waals surface area (Å²) in [5.41, 5.74) is 9.28. The van der Waals surface area contributed by atoms with Crippen LogP contribution in [-0.4, -0.2) is 52.7 Å². The van der Waals surface area contributed by atoms with Crippen LogP contribution in [0.25, 0.3) is 22.4 Å². The summed E-state index contributed by atoms with van der Waals surface area (Å²) in [6.45, 7) is 4.50. The van der Waals surface area contributed by atoms with Crippen LogP contribution in [0, 0.1) is 13.8 Å². The summed E-state index contributed by atoms with van der Waals surface area (Å²) >= 11 is 0. The van der Waals surface area contributed by atoms with Crippen molar-refractivity contribution in [2.75, 3.05) is 19.7 Å². The zero-order chi connectivity index (χ0) is 19.8. The fourth-order valence-electron chi connectivity index (χ4n) is 3.31. The first-order valence-electron chi connectivity index (χ1n) is 8.98. The first-order chi connectivity index (χ1) is 13.4. The van der Waals surface area contributed by atoms with E-state index in [9.17, 15) is 9.59 Å². The number of primary amides is 1. The molecule has 0 bridgehead atoms. The first kappa shape index (κ1) is 18.1. The summed E-state index contributed by atoms with van der Waals surface area (Å²) in [5.74, 6) is -0.819. The average molecular weight is 380 g/mol. The maximum Gasteiger partial charge on any atom is 0.259 e. The van der Waals surface area contributed by atoms with Crippen LogP contribution >= 0.6 is 0 Å². The van der Waals surface area contributed by atoms with E-state index >= 15 is 0 Å². The maximum absolute atomic E-state index is 13.3. The van der Waals surface area contributed by atoms with E-state index in [1.54, 1.807) is 17.9 Å². The molecule has 2 amide bonds. The topological polar surface area (TPSA) is 112 Å². The van der Waals surface area contributed by atoms with E-state index in [1.807, 2.05) is 31.2 Å². The molecule has 1 saturated heterocycles. The zero-order valence-electron chi connectivity index (χ0n) is 15.6. The van der Waals surface area contributed by atoms with Gasteiger partial charge in [0.15, 0.2) is 6.10 Å². The number of aryl methyl sites for hydroxylation is 2. The number of aromatic nitrogens is 2. The quantitative estimate of drug-likeness (QED) is 0.742. The highest BCUT2D eigenvalue weighted by Gasteiger charge is 2.30. The summed E-state index contributed by atoms with van der Waals surface area (Å²) in [5, 5.41) is 4.54. The van der Waals surface area contributed by atoms with Gasteiger partial charge >= 0.3 is 0 Å². The highest BCUT2D eigenvalue weighted by atomic mass is 16.5. The van der Waals surface area contributed by atoms with Crippen LogP contribution in [0.1, 0.15) is 21.6 Å². The Morgan fingerprint density at radius 3 is 2.68 bits per heavy atom. The number of carbonyl (C=O) groups excluding carboxylic acids is 2. The predicted molar refractivity (Wildman–Crippen MR) is 102 cm³/mol.